The molecule has 0 spiro atoms. The maximum Gasteiger partial charge on any atom is 0.273 e. The van der Waals surface area contributed by atoms with Gasteiger partial charge >= 0.3 is 0 Å². The Morgan fingerprint density at radius 3 is 2.65 bits per heavy atom. The van der Waals surface area contributed by atoms with Gasteiger partial charge in [-0.1, -0.05) is 25.3 Å². The number of aryl methyl sites for hydroxylation is 1. The summed E-state index contributed by atoms with van der Waals surface area (Å²) in [5.74, 6) is 2.35. The van der Waals surface area contributed by atoms with Gasteiger partial charge in [-0.2, -0.15) is 4.72 Å². The van der Waals surface area contributed by atoms with Crippen LogP contribution in [0.4, 0.5) is 5.69 Å². The van der Waals surface area contributed by atoms with E-state index in [2.05, 4.69) is 10.6 Å². The van der Waals surface area contributed by atoms with Crippen LogP contribution in [-0.2, 0) is 10.0 Å². The van der Waals surface area contributed by atoms with Crippen LogP contribution in [0.15, 0.2) is 23.1 Å². The highest BCUT2D eigenvalue weighted by Crippen LogP contribution is 2.22. The van der Waals surface area contributed by atoms with Crippen molar-refractivity contribution in [3.63, 3.8) is 0 Å². The van der Waals surface area contributed by atoms with Crippen LogP contribution in [0.25, 0.3) is 0 Å². The predicted octanol–water partition coefficient (Wildman–Crippen LogP) is 1.98. The van der Waals surface area contributed by atoms with Crippen LogP contribution in [0, 0.1) is 29.4 Å². The third-order valence-electron chi connectivity index (χ3n) is 2.76. The minimum atomic E-state index is -3.86. The molecule has 0 bridgehead atoms. The van der Waals surface area contributed by atoms with Crippen LogP contribution >= 0.6 is 0 Å². The number of terminal acetylenes is 1. The number of nitro benzene ring substituents is 1. The normalized spacial score (nSPS) is 12.7. The first-order valence-electron chi connectivity index (χ1n) is 6.05. The molecule has 1 atom stereocenters. The summed E-state index contributed by atoms with van der Waals surface area (Å²) in [6.07, 6.45) is 6.49. The summed E-state index contributed by atoms with van der Waals surface area (Å²) in [7, 11) is -3.86. The highest BCUT2D eigenvalue weighted by molar-refractivity contribution is 7.89. The molecule has 0 saturated carbocycles. The highest BCUT2D eigenvalue weighted by atomic mass is 32.2. The van der Waals surface area contributed by atoms with Crippen molar-refractivity contribution < 1.29 is 13.3 Å². The Hall–Kier alpha value is -1.91. The third-order valence-corrected chi connectivity index (χ3v) is 4.23. The lowest BCUT2D eigenvalue weighted by molar-refractivity contribution is -0.385. The maximum absolute atomic E-state index is 12.1. The second-order valence-electron chi connectivity index (χ2n) is 4.33. The maximum atomic E-state index is 12.1. The molecule has 7 heteroatoms. The van der Waals surface area contributed by atoms with Crippen molar-refractivity contribution in [3.05, 3.63) is 33.9 Å². The van der Waals surface area contributed by atoms with Crippen LogP contribution < -0.4 is 4.72 Å². The Bertz CT molecular complexity index is 647. The van der Waals surface area contributed by atoms with E-state index in [-0.39, 0.29) is 10.6 Å². The zero-order valence-electron chi connectivity index (χ0n) is 11.3. The summed E-state index contributed by atoms with van der Waals surface area (Å²) >= 11 is 0. The van der Waals surface area contributed by atoms with Gasteiger partial charge < -0.3 is 0 Å². The quantitative estimate of drug-likeness (QED) is 0.494. The van der Waals surface area contributed by atoms with Crippen LogP contribution in [0.3, 0.4) is 0 Å². The number of benzene rings is 1. The summed E-state index contributed by atoms with van der Waals surface area (Å²) in [6.45, 7) is 3.43. The molecule has 1 N–H and O–H groups in total. The topological polar surface area (TPSA) is 89.3 Å². The van der Waals surface area contributed by atoms with Crippen molar-refractivity contribution in [1.82, 2.24) is 4.72 Å². The van der Waals surface area contributed by atoms with Crippen LogP contribution in [0.1, 0.15) is 25.3 Å². The van der Waals surface area contributed by atoms with Crippen molar-refractivity contribution in [3.8, 4) is 12.3 Å². The van der Waals surface area contributed by atoms with E-state index in [0.717, 1.165) is 12.5 Å². The lowest BCUT2D eigenvalue weighted by atomic mass is 10.2. The fourth-order valence-corrected chi connectivity index (χ4v) is 2.88. The van der Waals surface area contributed by atoms with Crippen LogP contribution in [0.2, 0.25) is 0 Å². The molecule has 0 amide bonds. The lowest BCUT2D eigenvalue weighted by Gasteiger charge is -2.12. The number of nitrogens with one attached hydrogen (secondary N) is 1. The smallest absolute Gasteiger partial charge is 0.258 e. The summed E-state index contributed by atoms with van der Waals surface area (Å²) in [6, 6.07) is 3.14. The van der Waals surface area contributed by atoms with Gasteiger partial charge in [0, 0.05) is 11.6 Å². The van der Waals surface area contributed by atoms with Gasteiger partial charge in [-0.05, 0) is 19.4 Å². The molecule has 108 valence electrons. The Morgan fingerprint density at radius 2 is 2.15 bits per heavy atom. The summed E-state index contributed by atoms with van der Waals surface area (Å²) in [4.78, 5) is 10.1. The summed E-state index contributed by atoms with van der Waals surface area (Å²) in [5, 5.41) is 10.8. The Kier molecular flexibility index (Phi) is 5.25. The van der Waals surface area contributed by atoms with E-state index < -0.39 is 21.0 Å². The molecule has 1 unspecified atom stereocenters. The van der Waals surface area contributed by atoms with E-state index in [0.29, 0.717) is 12.0 Å². The Balaban J connectivity index is 3.13. The standard InChI is InChI=1S/C13H16N2O4S/c1-4-6-11(5-2)14-20(18,19)12-8-7-10(3)13(9-12)15(16)17/h2,7-9,11,14H,4,6H2,1,3H3. The molecule has 0 aliphatic rings. The van der Waals surface area contributed by atoms with E-state index in [4.69, 9.17) is 6.42 Å². The fraction of sp³-hybridized carbons (Fsp3) is 0.385. The number of rotatable bonds is 6. The Morgan fingerprint density at radius 1 is 1.50 bits per heavy atom. The SMILES string of the molecule is C#CC(CCC)NS(=O)(=O)c1ccc(C)c([N+](=O)[O-])c1. The molecule has 1 rings (SSSR count). The van der Waals surface area contributed by atoms with Gasteiger partial charge in [-0.3, -0.25) is 10.1 Å². The molecule has 0 aliphatic heterocycles. The van der Waals surface area contributed by atoms with Gasteiger partial charge in [0.05, 0.1) is 15.9 Å². The van der Waals surface area contributed by atoms with Gasteiger partial charge in [0.1, 0.15) is 0 Å². The van der Waals surface area contributed by atoms with Crippen molar-refractivity contribution in [2.24, 2.45) is 0 Å². The number of sulfonamides is 1. The first-order valence-corrected chi connectivity index (χ1v) is 7.53. The van der Waals surface area contributed by atoms with Gasteiger partial charge in [0.2, 0.25) is 10.0 Å². The monoisotopic (exact) mass is 296 g/mol. The molecule has 6 nitrogen and oxygen atoms in total. The van der Waals surface area contributed by atoms with Crippen molar-refractivity contribution in [2.75, 3.05) is 0 Å². The van der Waals surface area contributed by atoms with E-state index in [1.165, 1.54) is 12.1 Å². The molecule has 0 saturated heterocycles. The first-order chi connectivity index (χ1) is 9.31. The predicted molar refractivity (Wildman–Crippen MR) is 75.7 cm³/mol. The largest absolute Gasteiger partial charge is 0.273 e. The van der Waals surface area contributed by atoms with Gasteiger partial charge in [0.15, 0.2) is 0 Å². The van der Waals surface area contributed by atoms with Crippen molar-refractivity contribution in [1.29, 1.82) is 0 Å². The zero-order valence-corrected chi connectivity index (χ0v) is 12.1. The van der Waals surface area contributed by atoms with Crippen LogP contribution in [-0.4, -0.2) is 19.4 Å². The summed E-state index contributed by atoms with van der Waals surface area (Å²) in [5.41, 5.74) is 0.164. The van der Waals surface area contributed by atoms with Gasteiger partial charge in [-0.15, -0.1) is 6.42 Å². The van der Waals surface area contributed by atoms with Crippen molar-refractivity contribution >= 4 is 15.7 Å². The second kappa shape index (κ2) is 6.50. The lowest BCUT2D eigenvalue weighted by Crippen LogP contribution is -2.33. The molecular formula is C13H16N2O4S. The summed E-state index contributed by atoms with van der Waals surface area (Å²) < 4.78 is 26.6. The highest BCUT2D eigenvalue weighted by Gasteiger charge is 2.22. The number of nitro groups is 1. The molecule has 0 aliphatic carbocycles. The molecule has 1 aromatic carbocycles. The average molecular weight is 296 g/mol. The minimum Gasteiger partial charge on any atom is -0.258 e. The first kappa shape index (κ1) is 16.1. The fourth-order valence-electron chi connectivity index (χ4n) is 1.67. The molecule has 20 heavy (non-hydrogen) atoms. The minimum absolute atomic E-state index is 0.161. The molecule has 0 heterocycles. The molecule has 1 aromatic rings. The van der Waals surface area contributed by atoms with Crippen molar-refractivity contribution in [2.45, 2.75) is 37.6 Å². The number of hydrogen-bond acceptors (Lipinski definition) is 4. The molecule has 0 radical (unpaired) electrons. The van der Waals surface area contributed by atoms with E-state index in [1.807, 2.05) is 6.92 Å². The van der Waals surface area contributed by atoms with E-state index in [1.54, 1.807) is 6.92 Å². The number of hydrogen-bond donors (Lipinski definition) is 1. The van der Waals surface area contributed by atoms with Gasteiger partial charge in [0.25, 0.3) is 5.69 Å². The van der Waals surface area contributed by atoms with Crippen LogP contribution in [0.5, 0.6) is 0 Å². The third kappa shape index (κ3) is 3.79. The Labute approximate surface area is 118 Å². The van der Waals surface area contributed by atoms with Gasteiger partial charge in [-0.25, -0.2) is 8.42 Å². The zero-order chi connectivity index (χ0) is 15.3. The number of nitrogens with zero attached hydrogens (tertiary/aromatic N) is 1. The van der Waals surface area contributed by atoms with E-state index >= 15 is 0 Å². The van der Waals surface area contributed by atoms with E-state index in [9.17, 15) is 18.5 Å². The molecule has 0 fully saturated rings. The molecular weight excluding hydrogens is 280 g/mol. The molecule has 0 aromatic heterocycles. The average Bonchev–Trinajstić information content (AvgIpc) is 2.37. The second-order valence-corrected chi connectivity index (χ2v) is 6.05.